The maximum absolute atomic E-state index is 14.4. The van der Waals surface area contributed by atoms with Crippen LogP contribution in [0.15, 0.2) is 52.5 Å². The molecule has 2 heterocycles. The Morgan fingerprint density at radius 3 is 2.71 bits per heavy atom. The van der Waals surface area contributed by atoms with Gasteiger partial charge in [-0.1, -0.05) is 26.8 Å². The molecule has 0 spiro atoms. The third-order valence-electron chi connectivity index (χ3n) is 9.91. The van der Waals surface area contributed by atoms with E-state index in [1.165, 1.54) is 26.0 Å². The minimum Gasteiger partial charge on any atom is -0.497 e. The Kier molecular flexibility index (Phi) is 7.74. The molecule has 9 heteroatoms. The highest BCUT2D eigenvalue weighted by molar-refractivity contribution is 7.99. The quantitative estimate of drug-likeness (QED) is 0.309. The highest BCUT2D eigenvalue weighted by atomic mass is 32.2. The second-order valence-electron chi connectivity index (χ2n) is 12.4. The van der Waals surface area contributed by atoms with Crippen molar-refractivity contribution < 1.29 is 9.13 Å². The topological polar surface area (TPSA) is 71.8 Å². The minimum atomic E-state index is -0.339. The Morgan fingerprint density at radius 1 is 1.20 bits per heavy atom. The van der Waals surface area contributed by atoms with Crippen molar-refractivity contribution in [1.29, 1.82) is 0 Å². The number of ether oxygens (including phenoxy) is 1. The van der Waals surface area contributed by atoms with Crippen LogP contribution in [0.4, 0.5) is 10.1 Å². The van der Waals surface area contributed by atoms with Gasteiger partial charge in [0.15, 0.2) is 5.96 Å². The third kappa shape index (κ3) is 5.45. The Balaban J connectivity index is 1.23. The molecule has 0 amide bonds. The largest absolute Gasteiger partial charge is 0.497 e. The van der Waals surface area contributed by atoms with Crippen molar-refractivity contribution in [1.82, 2.24) is 19.8 Å². The second-order valence-corrected chi connectivity index (χ2v) is 13.6. The van der Waals surface area contributed by atoms with E-state index in [1.54, 1.807) is 23.0 Å². The molecule has 7 rings (SSSR count). The van der Waals surface area contributed by atoms with E-state index in [4.69, 9.17) is 9.73 Å². The number of methoxy groups -OCH3 is 1. The van der Waals surface area contributed by atoms with E-state index in [1.807, 2.05) is 30.0 Å². The summed E-state index contributed by atoms with van der Waals surface area (Å²) in [5.41, 5.74) is 2.24. The van der Waals surface area contributed by atoms with E-state index in [0.29, 0.717) is 52.6 Å². The number of rotatable bonds is 6. The lowest BCUT2D eigenvalue weighted by Crippen LogP contribution is -2.62. The Bertz CT molecular complexity index is 1520. The number of nitrogens with zero attached hydrogens (tertiary/aromatic N) is 4. The van der Waals surface area contributed by atoms with Crippen LogP contribution in [-0.2, 0) is 13.0 Å². The Labute approximate surface area is 245 Å². The molecule has 2 aromatic carbocycles. The lowest BCUT2D eigenvalue weighted by atomic mass is 9.45. The van der Waals surface area contributed by atoms with E-state index in [9.17, 15) is 9.18 Å². The van der Waals surface area contributed by atoms with Gasteiger partial charge in [-0.2, -0.15) is 11.8 Å². The first-order chi connectivity index (χ1) is 19.7. The summed E-state index contributed by atoms with van der Waals surface area (Å²) in [6, 6.07) is 10.8. The third-order valence-corrected chi connectivity index (χ3v) is 10.8. The summed E-state index contributed by atoms with van der Waals surface area (Å²) in [5, 5.41) is 4.41. The number of guanidine groups is 1. The molecule has 4 atom stereocenters. The molecule has 0 unspecified atom stereocenters. The molecule has 41 heavy (non-hydrogen) atoms. The predicted molar refractivity (Wildman–Crippen MR) is 165 cm³/mol. The van der Waals surface area contributed by atoms with Gasteiger partial charge >= 0.3 is 0 Å². The molecule has 2 bridgehead atoms. The van der Waals surface area contributed by atoms with Crippen molar-refractivity contribution in [2.45, 2.75) is 52.6 Å². The number of benzene rings is 2. The molecule has 1 N–H and O–H groups in total. The second kappa shape index (κ2) is 11.3. The summed E-state index contributed by atoms with van der Waals surface area (Å²) in [6.07, 6.45) is 4.47. The molecule has 218 valence electrons. The number of aromatic nitrogens is 2. The van der Waals surface area contributed by atoms with Gasteiger partial charge in [-0.15, -0.1) is 0 Å². The first kappa shape index (κ1) is 28.1. The van der Waals surface area contributed by atoms with Gasteiger partial charge in [-0.25, -0.2) is 14.4 Å². The van der Waals surface area contributed by atoms with Crippen LogP contribution in [0.1, 0.15) is 39.2 Å². The molecular weight excluding hydrogens is 537 g/mol. The van der Waals surface area contributed by atoms with Crippen LogP contribution >= 0.6 is 11.8 Å². The average Bonchev–Trinajstić information content (AvgIpc) is 2.98. The fourth-order valence-electron chi connectivity index (χ4n) is 7.07. The van der Waals surface area contributed by atoms with Gasteiger partial charge in [0.1, 0.15) is 11.6 Å². The van der Waals surface area contributed by atoms with Gasteiger partial charge in [0.05, 0.1) is 30.0 Å². The maximum Gasteiger partial charge on any atom is 0.261 e. The summed E-state index contributed by atoms with van der Waals surface area (Å²) in [4.78, 5) is 25.3. The van der Waals surface area contributed by atoms with E-state index in [-0.39, 0.29) is 11.4 Å². The standard InChI is InChI=1S/C32H40FN5O2S/c1-20-26-15-22(32(26,2)3)16-28(20)36-31(37-11-13-41-14-12-37)35-23-6-8-25-29(17-23)34-19-38(30(25)39)10-9-21-5-7-24(40-4)18-27(21)33/h5-8,17-20,22,26,28H,9-16H2,1-4H3,(H,35,36)/t20-,22-,26-,28+/m1/s1. The van der Waals surface area contributed by atoms with E-state index in [0.717, 1.165) is 48.1 Å². The molecule has 3 aliphatic carbocycles. The van der Waals surface area contributed by atoms with Gasteiger partial charge in [0, 0.05) is 43.2 Å². The summed E-state index contributed by atoms with van der Waals surface area (Å²) < 4.78 is 21.0. The number of aliphatic imine (C=N–C) groups is 1. The number of fused-ring (bicyclic) bond motifs is 3. The number of aryl methyl sites for hydroxylation is 2. The van der Waals surface area contributed by atoms with Crippen LogP contribution in [0.2, 0.25) is 0 Å². The Hall–Kier alpha value is -3.07. The Morgan fingerprint density at radius 2 is 2.00 bits per heavy atom. The smallest absolute Gasteiger partial charge is 0.261 e. The lowest BCUT2D eigenvalue weighted by Gasteiger charge is -2.62. The normalized spacial score (nSPS) is 25.6. The highest BCUT2D eigenvalue weighted by Gasteiger charge is 2.56. The van der Waals surface area contributed by atoms with Crippen LogP contribution < -0.4 is 15.6 Å². The first-order valence-electron chi connectivity index (χ1n) is 14.7. The van der Waals surface area contributed by atoms with Gasteiger partial charge in [0.25, 0.3) is 5.56 Å². The van der Waals surface area contributed by atoms with Crippen LogP contribution in [0.5, 0.6) is 5.75 Å². The highest BCUT2D eigenvalue weighted by Crippen LogP contribution is 2.61. The summed E-state index contributed by atoms with van der Waals surface area (Å²) in [6.45, 7) is 9.55. The molecule has 3 aromatic rings. The molecular formula is C32H40FN5O2S. The summed E-state index contributed by atoms with van der Waals surface area (Å²) >= 11 is 1.99. The van der Waals surface area contributed by atoms with Gasteiger partial charge in [-0.05, 0) is 72.3 Å². The average molecular weight is 578 g/mol. The van der Waals surface area contributed by atoms with Crippen LogP contribution in [-0.4, -0.2) is 58.2 Å². The van der Waals surface area contributed by atoms with Crippen molar-refractivity contribution in [3.63, 3.8) is 0 Å². The molecule has 4 aliphatic rings. The molecule has 1 saturated heterocycles. The van der Waals surface area contributed by atoms with Crippen molar-refractivity contribution in [2.75, 3.05) is 31.7 Å². The van der Waals surface area contributed by atoms with Crippen molar-refractivity contribution in [2.24, 2.45) is 28.2 Å². The molecule has 4 fully saturated rings. The number of halogens is 1. The van der Waals surface area contributed by atoms with Crippen molar-refractivity contribution in [3.8, 4) is 5.75 Å². The number of hydrogen-bond acceptors (Lipinski definition) is 5. The van der Waals surface area contributed by atoms with E-state index in [2.05, 4.69) is 36.0 Å². The number of nitrogens with one attached hydrogen (secondary N) is 1. The van der Waals surface area contributed by atoms with Gasteiger partial charge in [0.2, 0.25) is 0 Å². The zero-order valence-electron chi connectivity index (χ0n) is 24.4. The monoisotopic (exact) mass is 577 g/mol. The molecule has 3 saturated carbocycles. The zero-order valence-corrected chi connectivity index (χ0v) is 25.2. The fraction of sp³-hybridized carbons (Fsp3) is 0.531. The van der Waals surface area contributed by atoms with Crippen LogP contribution in [0.25, 0.3) is 10.9 Å². The molecule has 0 radical (unpaired) electrons. The zero-order chi connectivity index (χ0) is 28.7. The first-order valence-corrected chi connectivity index (χ1v) is 15.9. The molecule has 1 aromatic heterocycles. The summed E-state index contributed by atoms with van der Waals surface area (Å²) in [5.74, 6) is 5.39. The van der Waals surface area contributed by atoms with Crippen molar-refractivity contribution in [3.05, 3.63) is 64.5 Å². The van der Waals surface area contributed by atoms with Gasteiger partial charge in [-0.3, -0.25) is 9.36 Å². The number of thioether (sulfide) groups is 1. The summed E-state index contributed by atoms with van der Waals surface area (Å²) in [7, 11) is 1.51. The SMILES string of the molecule is COc1ccc(CCn2cnc3cc(N=C(N[C@H]4C[C@H]5C[C@H]([C@H]4C)C5(C)C)N4CCSCC4)ccc3c2=O)c(F)c1. The molecule has 7 nitrogen and oxygen atoms in total. The van der Waals surface area contributed by atoms with Crippen LogP contribution in [0, 0.1) is 29.0 Å². The van der Waals surface area contributed by atoms with Crippen LogP contribution in [0.3, 0.4) is 0 Å². The van der Waals surface area contributed by atoms with Gasteiger partial charge < -0.3 is 15.0 Å². The lowest BCUT2D eigenvalue weighted by molar-refractivity contribution is -0.112. The predicted octanol–water partition coefficient (Wildman–Crippen LogP) is 5.48. The van der Waals surface area contributed by atoms with Crippen molar-refractivity contribution >= 4 is 34.3 Å². The maximum atomic E-state index is 14.4. The van der Waals surface area contributed by atoms with E-state index < -0.39 is 0 Å². The fourth-order valence-corrected chi connectivity index (χ4v) is 7.98. The minimum absolute atomic E-state index is 0.135. The molecule has 1 aliphatic heterocycles. The van der Waals surface area contributed by atoms with E-state index >= 15 is 0 Å². The number of hydrogen-bond donors (Lipinski definition) is 1.